The highest BCUT2D eigenvalue weighted by atomic mass is 16.4. The van der Waals surface area contributed by atoms with Crippen molar-refractivity contribution in [2.45, 2.75) is 39.2 Å². The molecule has 4 heteroatoms. The summed E-state index contributed by atoms with van der Waals surface area (Å²) in [5.41, 5.74) is 0.542. The third-order valence-electron chi connectivity index (χ3n) is 3.32. The fraction of sp³-hybridized carbons (Fsp3) is 0.636. The Hall–Kier alpha value is -1.32. The third kappa shape index (κ3) is 1.76. The fourth-order valence-electron chi connectivity index (χ4n) is 2.13. The lowest BCUT2D eigenvalue weighted by Gasteiger charge is -2.37. The fourth-order valence-corrected chi connectivity index (χ4v) is 2.13. The molecule has 0 spiro atoms. The molecule has 4 nitrogen and oxygen atoms in total. The van der Waals surface area contributed by atoms with E-state index in [-0.39, 0.29) is 0 Å². The Morgan fingerprint density at radius 2 is 2.40 bits per heavy atom. The zero-order valence-electron chi connectivity index (χ0n) is 8.94. The maximum absolute atomic E-state index is 11.2. The van der Waals surface area contributed by atoms with Crippen LogP contribution in [0.3, 0.4) is 0 Å². The lowest BCUT2D eigenvalue weighted by Crippen LogP contribution is -2.39. The number of nitrogens with zero attached hydrogens (tertiary/aromatic N) is 2. The smallest absolute Gasteiger partial charge is 0.309 e. The molecule has 15 heavy (non-hydrogen) atoms. The Labute approximate surface area is 88.9 Å². The number of hydrogen-bond acceptors (Lipinski definition) is 2. The highest BCUT2D eigenvalue weighted by molar-refractivity contribution is 5.76. The van der Waals surface area contributed by atoms with Gasteiger partial charge in [-0.25, -0.2) is 0 Å². The summed E-state index contributed by atoms with van der Waals surface area (Å²) in [7, 11) is 0. The van der Waals surface area contributed by atoms with Gasteiger partial charge in [0.1, 0.15) is 0 Å². The first-order valence-electron chi connectivity index (χ1n) is 5.41. The summed E-state index contributed by atoms with van der Waals surface area (Å²) in [4.78, 5) is 11.2. The van der Waals surface area contributed by atoms with Crippen molar-refractivity contribution < 1.29 is 9.90 Å². The van der Waals surface area contributed by atoms with Gasteiger partial charge in [0.2, 0.25) is 0 Å². The number of aryl methyl sites for hydroxylation is 1. The predicted molar refractivity (Wildman–Crippen MR) is 55.5 cm³/mol. The van der Waals surface area contributed by atoms with Crippen LogP contribution in [-0.2, 0) is 17.8 Å². The Bertz CT molecular complexity index is 366. The number of aliphatic carboxylic acids is 1. The normalized spacial score (nSPS) is 18.5. The van der Waals surface area contributed by atoms with Crippen LogP contribution in [0.25, 0.3) is 0 Å². The quantitative estimate of drug-likeness (QED) is 0.819. The molecule has 1 N–H and O–H groups in total. The highest BCUT2D eigenvalue weighted by Crippen LogP contribution is 2.43. The summed E-state index contributed by atoms with van der Waals surface area (Å²) >= 11 is 0. The maximum Gasteiger partial charge on any atom is 0.309 e. The molecule has 1 aliphatic carbocycles. The summed E-state index contributed by atoms with van der Waals surface area (Å²) < 4.78 is 1.84. The van der Waals surface area contributed by atoms with Crippen LogP contribution < -0.4 is 0 Å². The predicted octanol–water partition coefficient (Wildman–Crippen LogP) is 1.70. The Balaban J connectivity index is 2.10. The molecular weight excluding hydrogens is 192 g/mol. The van der Waals surface area contributed by atoms with E-state index in [4.69, 9.17) is 0 Å². The van der Waals surface area contributed by atoms with Crippen molar-refractivity contribution in [2.75, 3.05) is 0 Å². The Morgan fingerprint density at radius 3 is 2.80 bits per heavy atom. The lowest BCUT2D eigenvalue weighted by atomic mass is 9.66. The van der Waals surface area contributed by atoms with E-state index in [9.17, 15) is 9.90 Å². The molecule has 0 radical (unpaired) electrons. The summed E-state index contributed by atoms with van der Waals surface area (Å²) in [6, 6.07) is 0. The van der Waals surface area contributed by atoms with Gasteiger partial charge in [0.25, 0.3) is 0 Å². The number of carboxylic acids is 1. The maximum atomic E-state index is 11.2. The van der Waals surface area contributed by atoms with Crippen molar-refractivity contribution in [3.05, 3.63) is 18.0 Å². The average Bonchev–Trinajstić information content (AvgIpc) is 2.58. The molecule has 1 fully saturated rings. The van der Waals surface area contributed by atoms with Crippen LogP contribution in [0.5, 0.6) is 0 Å². The van der Waals surface area contributed by atoms with E-state index in [0.29, 0.717) is 6.42 Å². The van der Waals surface area contributed by atoms with Crippen molar-refractivity contribution in [1.29, 1.82) is 0 Å². The monoisotopic (exact) mass is 208 g/mol. The Kier molecular flexibility index (Phi) is 2.50. The standard InChI is InChI=1S/C11H16N2O2/c1-2-13-8-9(7-12-13)6-11(10(14)15)4-3-5-11/h7-8H,2-6H2,1H3,(H,14,15). The molecule has 0 atom stereocenters. The highest BCUT2D eigenvalue weighted by Gasteiger charge is 2.44. The third-order valence-corrected chi connectivity index (χ3v) is 3.32. The number of aromatic nitrogens is 2. The van der Waals surface area contributed by atoms with Crippen LogP contribution in [0.15, 0.2) is 12.4 Å². The van der Waals surface area contributed by atoms with E-state index in [1.807, 2.05) is 17.8 Å². The second-order valence-electron chi connectivity index (χ2n) is 4.32. The molecule has 1 aliphatic rings. The van der Waals surface area contributed by atoms with Crippen molar-refractivity contribution >= 4 is 5.97 Å². The molecule has 1 saturated carbocycles. The zero-order valence-corrected chi connectivity index (χ0v) is 8.94. The van der Waals surface area contributed by atoms with E-state index in [2.05, 4.69) is 5.10 Å². The number of carbonyl (C=O) groups is 1. The zero-order chi connectivity index (χ0) is 10.9. The second-order valence-corrected chi connectivity index (χ2v) is 4.32. The van der Waals surface area contributed by atoms with Crippen LogP contribution in [0.2, 0.25) is 0 Å². The van der Waals surface area contributed by atoms with Crippen LogP contribution in [0.1, 0.15) is 31.7 Å². The molecule has 0 saturated heterocycles. The van der Waals surface area contributed by atoms with E-state index in [1.54, 1.807) is 6.20 Å². The molecule has 1 aromatic heterocycles. The summed E-state index contributed by atoms with van der Waals surface area (Å²) in [5.74, 6) is -0.655. The van der Waals surface area contributed by atoms with Crippen LogP contribution in [0, 0.1) is 5.41 Å². The van der Waals surface area contributed by atoms with Gasteiger partial charge in [-0.2, -0.15) is 5.10 Å². The van der Waals surface area contributed by atoms with E-state index in [0.717, 1.165) is 31.4 Å². The number of rotatable bonds is 4. The first-order valence-corrected chi connectivity index (χ1v) is 5.41. The van der Waals surface area contributed by atoms with Gasteiger partial charge in [-0.05, 0) is 31.7 Å². The van der Waals surface area contributed by atoms with Crippen molar-refractivity contribution in [2.24, 2.45) is 5.41 Å². The van der Waals surface area contributed by atoms with Crippen molar-refractivity contribution in [3.63, 3.8) is 0 Å². The van der Waals surface area contributed by atoms with Crippen molar-refractivity contribution in [3.8, 4) is 0 Å². The summed E-state index contributed by atoms with van der Waals surface area (Å²) in [6.07, 6.45) is 7.01. The molecule has 0 amide bonds. The number of hydrogen-bond donors (Lipinski definition) is 1. The molecular formula is C11H16N2O2. The number of carboxylic acid groups (broad SMARTS) is 1. The molecule has 2 rings (SSSR count). The van der Waals surface area contributed by atoms with Gasteiger partial charge in [-0.15, -0.1) is 0 Å². The molecule has 0 unspecified atom stereocenters. The summed E-state index contributed by atoms with van der Waals surface area (Å²) in [6.45, 7) is 2.85. The van der Waals surface area contributed by atoms with Gasteiger partial charge >= 0.3 is 5.97 Å². The van der Waals surface area contributed by atoms with Crippen LogP contribution in [-0.4, -0.2) is 20.9 Å². The van der Waals surface area contributed by atoms with Gasteiger partial charge in [0, 0.05) is 12.7 Å². The largest absolute Gasteiger partial charge is 0.481 e. The second kappa shape index (κ2) is 3.68. The molecule has 0 aliphatic heterocycles. The Morgan fingerprint density at radius 1 is 1.67 bits per heavy atom. The van der Waals surface area contributed by atoms with Crippen LogP contribution in [0.4, 0.5) is 0 Å². The molecule has 82 valence electrons. The first kappa shape index (κ1) is 10.2. The van der Waals surface area contributed by atoms with E-state index >= 15 is 0 Å². The van der Waals surface area contributed by atoms with Gasteiger partial charge in [-0.3, -0.25) is 9.48 Å². The van der Waals surface area contributed by atoms with Gasteiger partial charge in [-0.1, -0.05) is 6.42 Å². The molecule has 1 aromatic rings. The summed E-state index contributed by atoms with van der Waals surface area (Å²) in [5, 5.41) is 13.3. The minimum atomic E-state index is -0.655. The van der Waals surface area contributed by atoms with Crippen LogP contribution >= 0.6 is 0 Å². The lowest BCUT2D eigenvalue weighted by molar-refractivity contribution is -0.154. The van der Waals surface area contributed by atoms with E-state index in [1.165, 1.54) is 0 Å². The minimum absolute atomic E-state index is 0.498. The van der Waals surface area contributed by atoms with Gasteiger partial charge in [0.15, 0.2) is 0 Å². The van der Waals surface area contributed by atoms with E-state index < -0.39 is 11.4 Å². The topological polar surface area (TPSA) is 55.1 Å². The average molecular weight is 208 g/mol. The van der Waals surface area contributed by atoms with Gasteiger partial charge in [0.05, 0.1) is 11.6 Å². The first-order chi connectivity index (χ1) is 7.16. The molecule has 0 aromatic carbocycles. The molecule has 1 heterocycles. The van der Waals surface area contributed by atoms with Gasteiger partial charge < -0.3 is 5.11 Å². The molecule has 0 bridgehead atoms. The SMILES string of the molecule is CCn1cc(CC2(C(=O)O)CCC2)cn1. The minimum Gasteiger partial charge on any atom is -0.481 e. The van der Waals surface area contributed by atoms with Crippen molar-refractivity contribution in [1.82, 2.24) is 9.78 Å².